The van der Waals surface area contributed by atoms with Gasteiger partial charge in [0.15, 0.2) is 5.11 Å². The normalized spacial score (nSPS) is 11.1. The highest BCUT2D eigenvalue weighted by Gasteiger charge is 2.14. The van der Waals surface area contributed by atoms with Gasteiger partial charge in [-0.15, -0.1) is 0 Å². The molecule has 3 N–H and O–H groups in total. The van der Waals surface area contributed by atoms with Crippen LogP contribution in [0.3, 0.4) is 0 Å². The summed E-state index contributed by atoms with van der Waals surface area (Å²) >= 11 is 5.22. The Morgan fingerprint density at radius 3 is 2.06 bits per heavy atom. The van der Waals surface area contributed by atoms with E-state index in [9.17, 15) is 9.59 Å². The fourth-order valence-corrected chi connectivity index (χ4v) is 3.47. The molecule has 7 heteroatoms. The van der Waals surface area contributed by atoms with E-state index in [-0.39, 0.29) is 22.3 Å². The van der Waals surface area contributed by atoms with Gasteiger partial charge in [-0.3, -0.25) is 14.9 Å². The van der Waals surface area contributed by atoms with Crippen molar-refractivity contribution in [3.8, 4) is 5.75 Å². The SMILES string of the molecule is COc1ccccc1/C=C/C(=O)NC(=S)Nc1ccc(NC(=O)c2ccc(C(C)(C)C)cc2)cc1. The minimum Gasteiger partial charge on any atom is -0.496 e. The monoisotopic (exact) mass is 487 g/mol. The average molecular weight is 488 g/mol. The Kier molecular flexibility index (Phi) is 8.39. The molecule has 0 unspecified atom stereocenters. The van der Waals surface area contributed by atoms with Gasteiger partial charge in [-0.2, -0.15) is 0 Å². The molecule has 0 saturated carbocycles. The topological polar surface area (TPSA) is 79.5 Å². The second kappa shape index (κ2) is 11.4. The first kappa shape index (κ1) is 25.6. The molecule has 0 aromatic heterocycles. The molecular formula is C28H29N3O3S. The van der Waals surface area contributed by atoms with Gasteiger partial charge < -0.3 is 15.4 Å². The van der Waals surface area contributed by atoms with Crippen molar-refractivity contribution in [1.29, 1.82) is 0 Å². The van der Waals surface area contributed by atoms with Gasteiger partial charge in [0.2, 0.25) is 5.91 Å². The van der Waals surface area contributed by atoms with Crippen LogP contribution in [-0.4, -0.2) is 24.0 Å². The lowest BCUT2D eigenvalue weighted by molar-refractivity contribution is -0.115. The predicted molar refractivity (Wildman–Crippen MR) is 146 cm³/mol. The van der Waals surface area contributed by atoms with E-state index in [1.54, 1.807) is 37.5 Å². The van der Waals surface area contributed by atoms with Gasteiger partial charge in [-0.05, 0) is 71.7 Å². The highest BCUT2D eigenvalue weighted by Crippen LogP contribution is 2.23. The van der Waals surface area contributed by atoms with Crippen LogP contribution in [0.4, 0.5) is 11.4 Å². The van der Waals surface area contributed by atoms with Gasteiger partial charge in [0.25, 0.3) is 5.91 Å². The predicted octanol–water partition coefficient (Wildman–Crippen LogP) is 5.77. The summed E-state index contributed by atoms with van der Waals surface area (Å²) in [5.41, 5.74) is 3.90. The molecule has 0 aliphatic carbocycles. The summed E-state index contributed by atoms with van der Waals surface area (Å²) in [6, 6.07) is 22.0. The molecule has 3 aromatic rings. The van der Waals surface area contributed by atoms with Crippen molar-refractivity contribution in [2.75, 3.05) is 17.7 Å². The zero-order valence-electron chi connectivity index (χ0n) is 20.2. The summed E-state index contributed by atoms with van der Waals surface area (Å²) in [5, 5.41) is 8.60. The van der Waals surface area contributed by atoms with Gasteiger partial charge in [-0.25, -0.2) is 0 Å². The molecule has 2 amide bonds. The Morgan fingerprint density at radius 1 is 0.857 bits per heavy atom. The van der Waals surface area contributed by atoms with Crippen molar-refractivity contribution in [3.63, 3.8) is 0 Å². The minimum absolute atomic E-state index is 0.0314. The Labute approximate surface area is 211 Å². The smallest absolute Gasteiger partial charge is 0.255 e. The molecule has 0 aliphatic heterocycles. The lowest BCUT2D eigenvalue weighted by Gasteiger charge is -2.19. The largest absolute Gasteiger partial charge is 0.496 e. The molecule has 3 aromatic carbocycles. The molecule has 0 aliphatic rings. The molecular weight excluding hydrogens is 458 g/mol. The lowest BCUT2D eigenvalue weighted by atomic mass is 9.87. The van der Waals surface area contributed by atoms with E-state index in [1.165, 1.54) is 11.6 Å². The number of para-hydroxylation sites is 1. The molecule has 0 radical (unpaired) electrons. The van der Waals surface area contributed by atoms with E-state index in [0.717, 1.165) is 5.56 Å². The highest BCUT2D eigenvalue weighted by molar-refractivity contribution is 7.80. The van der Waals surface area contributed by atoms with E-state index in [2.05, 4.69) is 36.7 Å². The first-order chi connectivity index (χ1) is 16.7. The van der Waals surface area contributed by atoms with Crippen molar-refractivity contribution in [2.24, 2.45) is 0 Å². The number of nitrogens with one attached hydrogen (secondary N) is 3. The maximum Gasteiger partial charge on any atom is 0.255 e. The molecule has 35 heavy (non-hydrogen) atoms. The summed E-state index contributed by atoms with van der Waals surface area (Å²) in [7, 11) is 1.58. The van der Waals surface area contributed by atoms with Crippen LogP contribution in [0.5, 0.6) is 5.75 Å². The van der Waals surface area contributed by atoms with Crippen LogP contribution in [0, 0.1) is 0 Å². The number of methoxy groups -OCH3 is 1. The van der Waals surface area contributed by atoms with Crippen LogP contribution < -0.4 is 20.7 Å². The van der Waals surface area contributed by atoms with Crippen LogP contribution in [0.2, 0.25) is 0 Å². The Morgan fingerprint density at radius 2 is 1.46 bits per heavy atom. The third-order valence-corrected chi connectivity index (χ3v) is 5.41. The van der Waals surface area contributed by atoms with E-state index >= 15 is 0 Å². The fourth-order valence-electron chi connectivity index (χ4n) is 3.25. The fraction of sp³-hybridized carbons (Fsp3) is 0.179. The summed E-state index contributed by atoms with van der Waals surface area (Å²) in [4.78, 5) is 24.7. The Hall–Kier alpha value is -3.97. The molecule has 0 heterocycles. The number of anilines is 2. The Bertz CT molecular complexity index is 1230. The summed E-state index contributed by atoms with van der Waals surface area (Å²) in [5.74, 6) is 0.122. The van der Waals surface area contributed by atoms with Gasteiger partial charge >= 0.3 is 0 Å². The molecule has 0 saturated heterocycles. The number of hydrogen-bond donors (Lipinski definition) is 3. The number of carbonyl (C=O) groups is 2. The molecule has 180 valence electrons. The van der Waals surface area contributed by atoms with E-state index < -0.39 is 0 Å². The molecule has 0 atom stereocenters. The second-order valence-electron chi connectivity index (χ2n) is 8.88. The van der Waals surface area contributed by atoms with Crippen LogP contribution in [0.1, 0.15) is 42.3 Å². The third-order valence-electron chi connectivity index (χ3n) is 5.20. The summed E-state index contributed by atoms with van der Waals surface area (Å²) in [6.07, 6.45) is 3.05. The lowest BCUT2D eigenvalue weighted by Crippen LogP contribution is -2.32. The second-order valence-corrected chi connectivity index (χ2v) is 9.29. The Balaban J connectivity index is 1.52. The molecule has 0 bridgehead atoms. The number of rotatable bonds is 6. The van der Waals surface area contributed by atoms with E-state index in [4.69, 9.17) is 17.0 Å². The van der Waals surface area contributed by atoms with E-state index in [1.807, 2.05) is 48.5 Å². The number of benzene rings is 3. The number of thiocarbonyl (C=S) groups is 1. The molecule has 3 rings (SSSR count). The highest BCUT2D eigenvalue weighted by atomic mass is 32.1. The van der Waals surface area contributed by atoms with Gasteiger partial charge in [0.05, 0.1) is 7.11 Å². The first-order valence-electron chi connectivity index (χ1n) is 11.1. The molecule has 6 nitrogen and oxygen atoms in total. The van der Waals surface area contributed by atoms with Crippen LogP contribution in [0.25, 0.3) is 6.08 Å². The van der Waals surface area contributed by atoms with Crippen molar-refractivity contribution < 1.29 is 14.3 Å². The van der Waals surface area contributed by atoms with Crippen molar-refractivity contribution in [2.45, 2.75) is 26.2 Å². The maximum atomic E-state index is 12.6. The van der Waals surface area contributed by atoms with Gasteiger partial charge in [0.1, 0.15) is 5.75 Å². The number of amides is 2. The molecule has 0 spiro atoms. The molecule has 0 fully saturated rings. The van der Waals surface area contributed by atoms with Crippen LogP contribution in [0.15, 0.2) is 78.9 Å². The standard InChI is InChI=1S/C28H29N3O3S/c1-28(2,3)21-12-9-20(10-13-21)26(33)29-22-14-16-23(17-15-22)30-27(35)31-25(32)18-11-19-7-5-6-8-24(19)34-4/h5-18H,1-4H3,(H,29,33)(H2,30,31,32,35)/b18-11+. The van der Waals surface area contributed by atoms with Gasteiger partial charge in [0, 0.05) is 28.6 Å². The van der Waals surface area contributed by atoms with E-state index in [0.29, 0.717) is 22.7 Å². The van der Waals surface area contributed by atoms with Crippen LogP contribution >= 0.6 is 12.2 Å². The van der Waals surface area contributed by atoms with Crippen LogP contribution in [-0.2, 0) is 10.2 Å². The number of ether oxygens (including phenoxy) is 1. The zero-order chi connectivity index (χ0) is 25.4. The first-order valence-corrected chi connectivity index (χ1v) is 11.5. The third kappa shape index (κ3) is 7.52. The summed E-state index contributed by atoms with van der Waals surface area (Å²) in [6.45, 7) is 6.40. The van der Waals surface area contributed by atoms with Gasteiger partial charge in [-0.1, -0.05) is 51.1 Å². The maximum absolute atomic E-state index is 12.6. The van der Waals surface area contributed by atoms with Crippen molar-refractivity contribution in [1.82, 2.24) is 5.32 Å². The van der Waals surface area contributed by atoms with Crippen molar-refractivity contribution >= 4 is 46.6 Å². The quantitative estimate of drug-likeness (QED) is 0.304. The average Bonchev–Trinajstić information content (AvgIpc) is 2.83. The summed E-state index contributed by atoms with van der Waals surface area (Å²) < 4.78 is 5.27. The van der Waals surface area contributed by atoms with Crippen molar-refractivity contribution in [3.05, 3.63) is 95.6 Å². The zero-order valence-corrected chi connectivity index (χ0v) is 21.0. The number of carbonyl (C=O) groups excluding carboxylic acids is 2. The minimum atomic E-state index is -0.366. The number of hydrogen-bond acceptors (Lipinski definition) is 4.